The average molecular weight is 682 g/mol. The van der Waals surface area contributed by atoms with E-state index in [2.05, 4.69) is 40.8 Å². The molecule has 0 unspecified atom stereocenters. The number of alkyl carbamates (subject to hydrolysis) is 1. The van der Waals surface area contributed by atoms with Crippen LogP contribution < -0.4 is 14.8 Å². The minimum absolute atomic E-state index is 0. The highest BCUT2D eigenvalue weighted by molar-refractivity contribution is 7.92. The highest BCUT2D eigenvalue weighted by Crippen LogP contribution is 2.42. The van der Waals surface area contributed by atoms with Gasteiger partial charge in [0.1, 0.15) is 6.61 Å². The van der Waals surface area contributed by atoms with Gasteiger partial charge >= 0.3 is 6.09 Å². The van der Waals surface area contributed by atoms with E-state index in [-0.39, 0.29) is 66.6 Å². The van der Waals surface area contributed by atoms with Crippen LogP contribution in [0.2, 0.25) is 0 Å². The summed E-state index contributed by atoms with van der Waals surface area (Å²) in [7, 11) is -2.82. The van der Waals surface area contributed by atoms with Crippen LogP contribution in [0.1, 0.15) is 84.6 Å². The van der Waals surface area contributed by atoms with E-state index in [4.69, 9.17) is 9.47 Å². The number of carbonyl (C=O) groups is 2. The van der Waals surface area contributed by atoms with Gasteiger partial charge in [0.15, 0.2) is 0 Å². The first-order chi connectivity index (χ1) is 22.5. The molecule has 1 fully saturated rings. The molecule has 262 valence electrons. The summed E-state index contributed by atoms with van der Waals surface area (Å²) in [5, 5.41) is 2.93. The Morgan fingerprint density at radius 2 is 1.81 bits per heavy atom. The molecular weight excluding hydrogens is 630 g/mol. The Hall–Kier alpha value is -4.19. The monoisotopic (exact) mass is 681 g/mol. The number of carbonyl (C=O) groups excluding carboxylic acids is 2. The molecule has 3 aromatic rings. The van der Waals surface area contributed by atoms with Crippen LogP contribution in [0.15, 0.2) is 53.4 Å². The molecule has 1 saturated carbocycles. The molecule has 1 aliphatic carbocycles. The number of aryl methyl sites for hydroxylation is 2. The van der Waals surface area contributed by atoms with E-state index in [1.165, 1.54) is 19.2 Å². The van der Waals surface area contributed by atoms with Crippen molar-refractivity contribution in [2.45, 2.75) is 96.7 Å². The second-order valence-corrected chi connectivity index (χ2v) is 16.5. The lowest BCUT2D eigenvalue weighted by Gasteiger charge is -2.48. The molecule has 2 aliphatic rings. The maximum atomic E-state index is 14.5. The second-order valence-electron chi connectivity index (χ2n) is 14.8. The summed E-state index contributed by atoms with van der Waals surface area (Å²) in [6.45, 7) is 14.5. The number of hydrogen-bond donors (Lipinski definition) is 2. The number of amides is 2. The van der Waals surface area contributed by atoms with Crippen molar-refractivity contribution in [3.05, 3.63) is 65.2 Å². The van der Waals surface area contributed by atoms with Crippen LogP contribution in [-0.4, -0.2) is 66.6 Å². The van der Waals surface area contributed by atoms with Gasteiger partial charge in [0.05, 0.1) is 23.7 Å². The van der Waals surface area contributed by atoms with Crippen LogP contribution in [0.4, 0.5) is 10.7 Å². The van der Waals surface area contributed by atoms with Gasteiger partial charge < -0.3 is 19.7 Å². The smallest absolute Gasteiger partial charge is 0.407 e. The van der Waals surface area contributed by atoms with E-state index in [9.17, 15) is 18.0 Å². The predicted molar refractivity (Wildman–Crippen MR) is 189 cm³/mol. The van der Waals surface area contributed by atoms with Gasteiger partial charge in [-0.15, -0.1) is 0 Å². The van der Waals surface area contributed by atoms with Crippen molar-refractivity contribution < 1.29 is 30.3 Å². The summed E-state index contributed by atoms with van der Waals surface area (Å²) in [5.74, 6) is 0.0673. The molecule has 4 bridgehead atoms. The van der Waals surface area contributed by atoms with Crippen LogP contribution in [0.25, 0.3) is 11.3 Å². The van der Waals surface area contributed by atoms with Crippen LogP contribution in [0.3, 0.4) is 0 Å². The van der Waals surface area contributed by atoms with Gasteiger partial charge in [0.25, 0.3) is 15.9 Å². The zero-order chi connectivity index (χ0) is 35.0. The number of fused-ring (bicyclic) bond motifs is 4. The van der Waals surface area contributed by atoms with E-state index in [1.54, 1.807) is 18.2 Å². The molecule has 11 nitrogen and oxygen atoms in total. The van der Waals surface area contributed by atoms with E-state index in [0.29, 0.717) is 18.5 Å². The Labute approximate surface area is 286 Å². The number of aromatic nitrogens is 2. The van der Waals surface area contributed by atoms with Gasteiger partial charge in [-0.25, -0.2) is 22.9 Å². The molecule has 2 heterocycles. The largest absolute Gasteiger partial charge is 0.475 e. The standard InChI is InChI=1S/C36H47N5O6S.2H2/c1-22-11-9-12-23(2)31(22)29-17-30-38-33(37-29)40-48(44,45)28-14-10-13-26(16-28)32(42)41(27(21-47-30)20-35(4,5)6)24(3)15-25-18-36(7,19-25)39-34(43)46-8;;/h9-14,16-17,24-25,27H,15,18-21H2,1-8H3,(H,39,43)(H,37,38,40);2*1H/t24-,25?,27+,36?;;/m0../s1. The summed E-state index contributed by atoms with van der Waals surface area (Å²) in [5.41, 5.74) is 3.06. The fraction of sp³-hybridized carbons (Fsp3) is 0.500. The van der Waals surface area contributed by atoms with Crippen LogP contribution in [0.5, 0.6) is 5.88 Å². The quantitative estimate of drug-likeness (QED) is 0.284. The third kappa shape index (κ3) is 7.91. The fourth-order valence-corrected chi connectivity index (χ4v) is 8.23. The highest BCUT2D eigenvalue weighted by atomic mass is 32.2. The molecule has 2 aromatic carbocycles. The van der Waals surface area contributed by atoms with Crippen molar-refractivity contribution in [2.75, 3.05) is 18.4 Å². The lowest BCUT2D eigenvalue weighted by molar-refractivity contribution is 0.0279. The first-order valence-electron chi connectivity index (χ1n) is 16.4. The van der Waals surface area contributed by atoms with Crippen LogP contribution in [0, 0.1) is 25.2 Å². The SMILES string of the molecule is COC(=O)NC1(C)CC(C[C@H](C)N2C(=O)c3cccc(c3)S(=O)(=O)Nc3nc(cc(-c4c(C)cccc4C)n3)OC[C@H]2CC(C)(C)C)C1.[HH].[HH]. The zero-order valence-corrected chi connectivity index (χ0v) is 29.9. The number of hydrogen-bond acceptors (Lipinski definition) is 8. The summed E-state index contributed by atoms with van der Waals surface area (Å²) in [6.07, 6.45) is 2.35. The van der Waals surface area contributed by atoms with E-state index >= 15 is 0 Å². The van der Waals surface area contributed by atoms with Crippen molar-refractivity contribution in [1.29, 1.82) is 0 Å². The molecule has 2 amide bonds. The molecule has 12 heteroatoms. The number of ether oxygens (including phenoxy) is 2. The fourth-order valence-electron chi connectivity index (χ4n) is 7.24. The van der Waals surface area contributed by atoms with Crippen molar-refractivity contribution in [3.63, 3.8) is 0 Å². The summed E-state index contributed by atoms with van der Waals surface area (Å²) >= 11 is 0. The minimum atomic E-state index is -4.17. The molecule has 0 saturated heterocycles. The van der Waals surface area contributed by atoms with Crippen molar-refractivity contribution in [1.82, 2.24) is 20.2 Å². The first kappa shape index (κ1) is 35.1. The molecule has 5 rings (SSSR count). The molecule has 2 atom stereocenters. The topological polar surface area (TPSA) is 140 Å². The lowest BCUT2D eigenvalue weighted by atomic mass is 9.67. The number of nitrogens with zero attached hydrogens (tertiary/aromatic N) is 3. The van der Waals surface area contributed by atoms with E-state index in [1.807, 2.05) is 50.8 Å². The maximum Gasteiger partial charge on any atom is 0.407 e. The molecule has 1 aromatic heterocycles. The van der Waals surface area contributed by atoms with Crippen LogP contribution in [-0.2, 0) is 14.8 Å². The van der Waals surface area contributed by atoms with Gasteiger partial charge in [-0.1, -0.05) is 45.0 Å². The second kappa shape index (κ2) is 13.4. The highest BCUT2D eigenvalue weighted by Gasteiger charge is 2.44. The Morgan fingerprint density at radius 1 is 1.15 bits per heavy atom. The number of nitrogens with one attached hydrogen (secondary N) is 2. The number of anilines is 1. The predicted octanol–water partition coefficient (Wildman–Crippen LogP) is 7.00. The van der Waals surface area contributed by atoms with Crippen molar-refractivity contribution in [2.24, 2.45) is 11.3 Å². The normalized spacial score (nSPS) is 22.8. The Morgan fingerprint density at radius 3 is 2.46 bits per heavy atom. The Bertz CT molecular complexity index is 1790. The molecule has 48 heavy (non-hydrogen) atoms. The number of methoxy groups -OCH3 is 1. The van der Waals surface area contributed by atoms with Crippen molar-refractivity contribution in [3.8, 4) is 17.1 Å². The molecule has 1 aliphatic heterocycles. The molecule has 2 N–H and O–H groups in total. The first-order valence-corrected chi connectivity index (χ1v) is 17.9. The number of benzene rings is 2. The summed E-state index contributed by atoms with van der Waals surface area (Å²) in [4.78, 5) is 37.3. The van der Waals surface area contributed by atoms with Gasteiger partial charge in [-0.3, -0.25) is 4.79 Å². The molecule has 0 spiro atoms. The van der Waals surface area contributed by atoms with Gasteiger partial charge in [0.2, 0.25) is 11.8 Å². The van der Waals surface area contributed by atoms with Gasteiger partial charge in [0, 0.05) is 31.6 Å². The van der Waals surface area contributed by atoms with Crippen molar-refractivity contribution >= 4 is 28.0 Å². The minimum Gasteiger partial charge on any atom is -0.475 e. The van der Waals surface area contributed by atoms with Gasteiger partial charge in [-0.05, 0) is 94.0 Å². The van der Waals surface area contributed by atoms with E-state index in [0.717, 1.165) is 29.5 Å². The zero-order valence-electron chi connectivity index (χ0n) is 29.1. The molecular formula is C36H51N5O6S. The van der Waals surface area contributed by atoms with Gasteiger partial charge in [-0.2, -0.15) is 4.98 Å². The number of rotatable bonds is 6. The Balaban J connectivity index is 0.00000338. The maximum absolute atomic E-state index is 14.5. The third-order valence-corrected chi connectivity index (χ3v) is 10.5. The summed E-state index contributed by atoms with van der Waals surface area (Å²) < 4.78 is 41.1. The Kier molecular flexibility index (Phi) is 9.79. The average Bonchev–Trinajstić information content (AvgIpc) is 2.97. The van der Waals surface area contributed by atoms with E-state index < -0.39 is 16.1 Å². The van der Waals surface area contributed by atoms with Crippen LogP contribution >= 0.6 is 0 Å². The summed E-state index contributed by atoms with van der Waals surface area (Å²) in [6, 6.07) is 13.1. The number of sulfonamides is 1. The third-order valence-electron chi connectivity index (χ3n) is 9.17. The lowest BCUT2D eigenvalue weighted by Crippen LogP contribution is -2.57. The molecule has 0 radical (unpaired) electrons.